The lowest BCUT2D eigenvalue weighted by Crippen LogP contribution is -2.35. The summed E-state index contributed by atoms with van der Waals surface area (Å²) in [6.45, 7) is 5.33. The molecule has 8 rings (SSSR count). The first-order valence-corrected chi connectivity index (χ1v) is 24.1. The van der Waals surface area contributed by atoms with E-state index in [1.54, 1.807) is 0 Å². The van der Waals surface area contributed by atoms with Gasteiger partial charge in [-0.2, -0.15) is 32.1 Å². The van der Waals surface area contributed by atoms with E-state index in [0.29, 0.717) is 18.9 Å². The van der Waals surface area contributed by atoms with Crippen molar-refractivity contribution < 1.29 is 57.1 Å². The highest BCUT2D eigenvalue weighted by atomic mass is 35.5. The van der Waals surface area contributed by atoms with Crippen LogP contribution in [0.5, 0.6) is 0 Å². The molecule has 1 saturated carbocycles. The number of hydrogen-bond acceptors (Lipinski definition) is 9. The Morgan fingerprint density at radius 2 is 1.71 bits per heavy atom. The fourth-order valence-corrected chi connectivity index (χ4v) is 10.7. The Bertz CT molecular complexity index is 3100. The van der Waals surface area contributed by atoms with Gasteiger partial charge in [0.05, 0.1) is 64.3 Å². The summed E-state index contributed by atoms with van der Waals surface area (Å²) in [5, 5.41) is 10.2. The van der Waals surface area contributed by atoms with Crippen LogP contribution >= 0.6 is 11.6 Å². The van der Waals surface area contributed by atoms with E-state index in [2.05, 4.69) is 38.7 Å². The highest BCUT2D eigenvalue weighted by molar-refractivity contribution is 7.93. The third-order valence-electron chi connectivity index (χ3n) is 11.6. The number of pyridine rings is 1. The van der Waals surface area contributed by atoms with Gasteiger partial charge >= 0.3 is 6.18 Å². The van der Waals surface area contributed by atoms with Crippen LogP contribution in [0.15, 0.2) is 55.1 Å². The van der Waals surface area contributed by atoms with E-state index in [1.807, 2.05) is 0 Å². The Labute approximate surface area is 378 Å². The quantitative estimate of drug-likeness (QED) is 0.0693. The lowest BCUT2D eigenvalue weighted by molar-refractivity contribution is -0.142. The molecule has 2 N–H and O–H groups in total. The second-order valence-electron chi connectivity index (χ2n) is 16.9. The number of nitrogens with one attached hydrogen (secondary N) is 2. The molecule has 5 aromatic rings. The number of aromatic nitrogens is 5. The van der Waals surface area contributed by atoms with Crippen LogP contribution in [0.1, 0.15) is 72.7 Å². The number of ether oxygens (including phenoxy) is 1. The number of nitrogens with zero attached hydrogens (tertiary/aromatic N) is 5. The maximum atomic E-state index is 15.7. The van der Waals surface area contributed by atoms with Gasteiger partial charge in [0.1, 0.15) is 34.3 Å². The zero-order valence-electron chi connectivity index (χ0n) is 35.1. The van der Waals surface area contributed by atoms with Crippen molar-refractivity contribution in [2.45, 2.75) is 80.3 Å². The zero-order valence-corrected chi connectivity index (χ0v) is 37.5. The van der Waals surface area contributed by atoms with Crippen LogP contribution in [0.3, 0.4) is 0 Å². The van der Waals surface area contributed by atoms with Gasteiger partial charge in [-0.1, -0.05) is 29.7 Å². The largest absolute Gasteiger partial charge is 0.435 e. The number of anilines is 1. The molecular formula is C43H39ClF7N7O6S2. The number of benzene rings is 2. The van der Waals surface area contributed by atoms with E-state index in [9.17, 15) is 43.6 Å². The molecule has 4 heterocycles. The molecule has 66 heavy (non-hydrogen) atoms. The monoisotopic (exact) mass is 981 g/mol. The number of carbonyl (C=O) groups excluding carboxylic acids is 1. The molecule has 3 aliphatic rings. The van der Waals surface area contributed by atoms with Gasteiger partial charge in [-0.3, -0.25) is 18.9 Å². The van der Waals surface area contributed by atoms with Gasteiger partial charge in [-0.05, 0) is 81.3 Å². The van der Waals surface area contributed by atoms with Crippen molar-refractivity contribution in [1.29, 1.82) is 0 Å². The fraction of sp³-hybridized carbons (Fsp3) is 0.395. The van der Waals surface area contributed by atoms with Gasteiger partial charge in [-0.15, -0.1) is 6.58 Å². The molecule has 0 bridgehead atoms. The molecule has 2 aliphatic carbocycles. The average Bonchev–Trinajstić information content (AvgIpc) is 3.83. The number of alkyl halides is 5. The first-order valence-electron chi connectivity index (χ1n) is 20.2. The zero-order chi connectivity index (χ0) is 47.9. The predicted octanol–water partition coefficient (Wildman–Crippen LogP) is 7.45. The first-order chi connectivity index (χ1) is 30.8. The number of carbonyl (C=O) groups is 1. The molecule has 1 aliphatic heterocycles. The molecule has 1 saturated heterocycles. The van der Waals surface area contributed by atoms with Crippen LogP contribution in [-0.2, 0) is 60.9 Å². The number of fused-ring (bicyclic) bond motifs is 2. The molecular weight excluding hydrogens is 943 g/mol. The standard InChI is InChI=1S/C43H39ClF7N7O6S2/c1-5-23-17-31-38(43(49,50)51)54-57(39(31)42(23,47)48)19-34(59)53-33(16-22-14-24(45)18-25(46)15-22)36-29(9-6-26(52-36)12-13-41(2,3)66(62,63)28-7-8-28)30-10-11-32(44)35-37(30)58(27-20-64-21-27)55-40(35)56-65(4,60)61/h5-6,9-11,14-15,18,23,27-28,33H,1,7-8,16-17,19-21H2,2-4H3,(H,53,59)(H,55,56)/t23-,33+/m1/s1. The lowest BCUT2D eigenvalue weighted by Gasteiger charge is -2.28. The number of hydrogen-bond donors (Lipinski definition) is 2. The Hall–Kier alpha value is -5.50. The van der Waals surface area contributed by atoms with E-state index in [1.165, 1.54) is 42.8 Å². The number of sulfone groups is 1. The molecule has 2 fully saturated rings. The van der Waals surface area contributed by atoms with Crippen LogP contribution < -0.4 is 10.0 Å². The van der Waals surface area contributed by atoms with E-state index in [0.717, 1.165) is 24.5 Å². The average molecular weight is 982 g/mol. The Morgan fingerprint density at radius 3 is 2.30 bits per heavy atom. The van der Waals surface area contributed by atoms with Crippen molar-refractivity contribution in [3.63, 3.8) is 0 Å². The molecule has 1 amide bonds. The van der Waals surface area contributed by atoms with Crippen LogP contribution in [0.2, 0.25) is 5.02 Å². The van der Waals surface area contributed by atoms with Crippen LogP contribution in [0, 0.1) is 29.4 Å². The summed E-state index contributed by atoms with van der Waals surface area (Å²) < 4.78 is 163. The predicted molar refractivity (Wildman–Crippen MR) is 229 cm³/mol. The molecule has 13 nitrogen and oxygen atoms in total. The topological polar surface area (TPSA) is 167 Å². The van der Waals surface area contributed by atoms with Crippen molar-refractivity contribution in [3.8, 4) is 23.0 Å². The summed E-state index contributed by atoms with van der Waals surface area (Å²) in [4.78, 5) is 19.0. The van der Waals surface area contributed by atoms with Gasteiger partial charge in [-0.25, -0.2) is 30.6 Å². The minimum absolute atomic E-state index is 0.0575. The van der Waals surface area contributed by atoms with Crippen LogP contribution in [-0.4, -0.2) is 76.8 Å². The fourth-order valence-electron chi connectivity index (χ4n) is 8.17. The van der Waals surface area contributed by atoms with Gasteiger partial charge in [0, 0.05) is 22.8 Å². The van der Waals surface area contributed by atoms with Crippen molar-refractivity contribution >= 4 is 54.1 Å². The van der Waals surface area contributed by atoms with E-state index in [-0.39, 0.29) is 67.7 Å². The highest BCUT2D eigenvalue weighted by Crippen LogP contribution is 2.50. The number of halogens is 8. The molecule has 2 aromatic carbocycles. The molecule has 0 unspecified atom stereocenters. The normalized spacial score (nSPS) is 18.0. The Kier molecular flexibility index (Phi) is 11.9. The second-order valence-corrected chi connectivity index (χ2v) is 21.8. The minimum Gasteiger partial charge on any atom is -0.377 e. The van der Waals surface area contributed by atoms with Crippen LogP contribution in [0.4, 0.5) is 36.6 Å². The van der Waals surface area contributed by atoms with Crippen molar-refractivity contribution in [3.05, 3.63) is 106 Å². The first kappa shape index (κ1) is 47.0. The number of allylic oxidation sites excluding steroid dienone is 1. The molecule has 0 radical (unpaired) electrons. The molecule has 23 heteroatoms. The summed E-state index contributed by atoms with van der Waals surface area (Å²) in [6, 6.07) is 6.45. The van der Waals surface area contributed by atoms with Gasteiger partial charge in [0.25, 0.3) is 5.92 Å². The third-order valence-corrected chi connectivity index (χ3v) is 15.3. The van der Waals surface area contributed by atoms with Crippen molar-refractivity contribution in [2.75, 3.05) is 24.2 Å². The number of sulfonamides is 1. The van der Waals surface area contributed by atoms with Gasteiger partial charge < -0.3 is 10.1 Å². The SMILES string of the molecule is C=C[C@@H]1Cc2c(C(F)(F)F)nn(CC(=O)N[C@@H](Cc3cc(F)cc(F)c3)c3nc(C#CC(C)(C)S(=O)(=O)C4CC4)ccc3-c3ccc(Cl)c4c(NS(C)(=O)=O)nn(C5COC5)c34)c2C1(F)F. The highest BCUT2D eigenvalue weighted by Gasteiger charge is 2.55. The summed E-state index contributed by atoms with van der Waals surface area (Å²) in [5.74, 6) is -3.42. The number of amides is 1. The van der Waals surface area contributed by atoms with Gasteiger partial charge in [0.2, 0.25) is 15.9 Å². The third kappa shape index (κ3) is 8.89. The van der Waals surface area contributed by atoms with Crippen molar-refractivity contribution in [2.24, 2.45) is 5.92 Å². The summed E-state index contributed by atoms with van der Waals surface area (Å²) in [5.41, 5.74) is -3.11. The Balaban J connectivity index is 1.32. The molecule has 2 atom stereocenters. The molecule has 3 aromatic heterocycles. The maximum Gasteiger partial charge on any atom is 0.435 e. The Morgan fingerprint density at radius 1 is 1.05 bits per heavy atom. The van der Waals surface area contributed by atoms with E-state index < -0.39 is 114 Å². The van der Waals surface area contributed by atoms with Crippen molar-refractivity contribution in [1.82, 2.24) is 29.9 Å². The van der Waals surface area contributed by atoms with E-state index in [4.69, 9.17) is 21.3 Å². The lowest BCUT2D eigenvalue weighted by atomic mass is 9.93. The molecule has 0 spiro atoms. The maximum absolute atomic E-state index is 15.7. The summed E-state index contributed by atoms with van der Waals surface area (Å²) in [7, 11) is -7.67. The molecule has 350 valence electrons. The minimum atomic E-state index is -5.17. The summed E-state index contributed by atoms with van der Waals surface area (Å²) in [6.07, 6.45) is -3.74. The second kappa shape index (κ2) is 16.7. The number of rotatable bonds is 13. The van der Waals surface area contributed by atoms with Crippen LogP contribution in [0.25, 0.3) is 22.0 Å². The smallest absolute Gasteiger partial charge is 0.377 e. The van der Waals surface area contributed by atoms with E-state index >= 15 is 8.78 Å². The van der Waals surface area contributed by atoms with Gasteiger partial charge in [0.15, 0.2) is 21.3 Å². The summed E-state index contributed by atoms with van der Waals surface area (Å²) >= 11 is 6.73.